The molecule has 0 atom stereocenters. The topological polar surface area (TPSA) is 97.1 Å². The number of carbonyl (C=O) groups excluding carboxylic acids is 2. The van der Waals surface area contributed by atoms with E-state index in [9.17, 15) is 9.59 Å². The number of carbonyl (C=O) groups is 2. The number of amides is 2. The fourth-order valence-corrected chi connectivity index (χ4v) is 4.06. The summed E-state index contributed by atoms with van der Waals surface area (Å²) in [6.45, 7) is 3.42. The highest BCUT2D eigenvalue weighted by atomic mass is 32.1. The van der Waals surface area contributed by atoms with Gasteiger partial charge in [0, 0.05) is 23.4 Å². The SMILES string of the molecule is CC(=O)Nc1ccc(CC(=O)Nc2cc(-c3noc(C4CCC4)n3)sc2C)cc1. The number of hydrogen-bond donors (Lipinski definition) is 2. The molecule has 0 spiro atoms. The Kier molecular flexibility index (Phi) is 5.44. The van der Waals surface area contributed by atoms with Gasteiger partial charge in [-0.25, -0.2) is 0 Å². The Balaban J connectivity index is 1.39. The summed E-state index contributed by atoms with van der Waals surface area (Å²) < 4.78 is 5.40. The van der Waals surface area contributed by atoms with E-state index in [4.69, 9.17) is 4.52 Å². The molecule has 1 aliphatic carbocycles. The number of aromatic nitrogens is 2. The first kappa shape index (κ1) is 19.3. The fourth-order valence-electron chi connectivity index (χ4n) is 3.16. The quantitative estimate of drug-likeness (QED) is 0.623. The van der Waals surface area contributed by atoms with Crippen molar-refractivity contribution in [2.24, 2.45) is 0 Å². The molecule has 150 valence electrons. The number of aryl methyl sites for hydroxylation is 1. The molecule has 2 amide bonds. The van der Waals surface area contributed by atoms with E-state index >= 15 is 0 Å². The van der Waals surface area contributed by atoms with Crippen molar-refractivity contribution in [3.63, 3.8) is 0 Å². The lowest BCUT2D eigenvalue weighted by Crippen LogP contribution is -2.14. The zero-order chi connectivity index (χ0) is 20.4. The van der Waals surface area contributed by atoms with E-state index in [1.165, 1.54) is 24.7 Å². The number of nitrogens with one attached hydrogen (secondary N) is 2. The van der Waals surface area contributed by atoms with Gasteiger partial charge in [-0.15, -0.1) is 11.3 Å². The van der Waals surface area contributed by atoms with Crippen molar-refractivity contribution in [3.8, 4) is 10.7 Å². The lowest BCUT2D eigenvalue weighted by atomic mass is 9.85. The van der Waals surface area contributed by atoms with Crippen molar-refractivity contribution in [1.29, 1.82) is 0 Å². The summed E-state index contributed by atoms with van der Waals surface area (Å²) >= 11 is 1.53. The molecule has 3 aromatic rings. The second kappa shape index (κ2) is 8.16. The fraction of sp³-hybridized carbons (Fsp3) is 0.333. The minimum Gasteiger partial charge on any atom is -0.339 e. The maximum Gasteiger partial charge on any atom is 0.230 e. The zero-order valence-electron chi connectivity index (χ0n) is 16.3. The van der Waals surface area contributed by atoms with Crippen LogP contribution in [-0.2, 0) is 16.0 Å². The van der Waals surface area contributed by atoms with Gasteiger partial charge in [0.25, 0.3) is 0 Å². The maximum absolute atomic E-state index is 12.5. The predicted molar refractivity (Wildman–Crippen MR) is 112 cm³/mol. The second-order valence-corrected chi connectivity index (χ2v) is 8.52. The molecule has 0 unspecified atom stereocenters. The van der Waals surface area contributed by atoms with Gasteiger partial charge in [0.2, 0.25) is 23.5 Å². The predicted octanol–water partition coefficient (Wildman–Crippen LogP) is 4.51. The first-order valence-corrected chi connectivity index (χ1v) is 10.4. The van der Waals surface area contributed by atoms with Gasteiger partial charge in [0.05, 0.1) is 17.0 Å². The Hall–Kier alpha value is -3.00. The first-order valence-electron chi connectivity index (χ1n) is 9.59. The third kappa shape index (κ3) is 4.54. The molecule has 8 heteroatoms. The minimum absolute atomic E-state index is 0.104. The Morgan fingerprint density at radius 2 is 1.97 bits per heavy atom. The smallest absolute Gasteiger partial charge is 0.230 e. The van der Waals surface area contributed by atoms with Crippen LogP contribution < -0.4 is 10.6 Å². The number of anilines is 2. The van der Waals surface area contributed by atoms with Gasteiger partial charge in [-0.05, 0) is 43.5 Å². The van der Waals surface area contributed by atoms with E-state index in [-0.39, 0.29) is 18.2 Å². The molecule has 0 bridgehead atoms. The third-order valence-corrected chi connectivity index (χ3v) is 5.99. The molecule has 7 nitrogen and oxygen atoms in total. The maximum atomic E-state index is 12.5. The van der Waals surface area contributed by atoms with Crippen molar-refractivity contribution in [2.45, 2.75) is 45.4 Å². The third-order valence-electron chi connectivity index (χ3n) is 4.95. The van der Waals surface area contributed by atoms with Crippen LogP contribution in [0.4, 0.5) is 11.4 Å². The van der Waals surface area contributed by atoms with Crippen molar-refractivity contribution in [3.05, 3.63) is 46.7 Å². The lowest BCUT2D eigenvalue weighted by molar-refractivity contribution is -0.116. The largest absolute Gasteiger partial charge is 0.339 e. The molecule has 4 rings (SSSR count). The standard InChI is InChI=1S/C21H22N4O3S/c1-12-17(11-18(29-12)20-24-21(28-25-20)15-4-3-5-15)23-19(27)10-14-6-8-16(9-7-14)22-13(2)26/h6-9,11,15H,3-5,10H2,1-2H3,(H,22,26)(H,23,27). The van der Waals surface area contributed by atoms with E-state index in [2.05, 4.69) is 20.8 Å². The number of thiophene rings is 1. The molecular formula is C21H22N4O3S. The molecule has 2 N–H and O–H groups in total. The summed E-state index contributed by atoms with van der Waals surface area (Å²) in [6.07, 6.45) is 3.68. The number of nitrogens with zero attached hydrogens (tertiary/aromatic N) is 2. The van der Waals surface area contributed by atoms with Crippen LogP contribution in [0.5, 0.6) is 0 Å². The van der Waals surface area contributed by atoms with Crippen LogP contribution in [0.15, 0.2) is 34.9 Å². The van der Waals surface area contributed by atoms with Crippen LogP contribution in [0.2, 0.25) is 0 Å². The average Bonchev–Trinajstić information content (AvgIpc) is 3.22. The normalized spacial score (nSPS) is 13.7. The highest BCUT2D eigenvalue weighted by molar-refractivity contribution is 7.16. The minimum atomic E-state index is -0.124. The Bertz CT molecular complexity index is 1030. The van der Waals surface area contributed by atoms with Crippen LogP contribution in [0.25, 0.3) is 10.7 Å². The van der Waals surface area contributed by atoms with Gasteiger partial charge in [-0.1, -0.05) is 23.7 Å². The summed E-state index contributed by atoms with van der Waals surface area (Å²) in [5.74, 6) is 1.46. The van der Waals surface area contributed by atoms with Gasteiger partial charge in [-0.2, -0.15) is 4.98 Å². The van der Waals surface area contributed by atoms with Gasteiger partial charge in [-0.3, -0.25) is 9.59 Å². The summed E-state index contributed by atoms with van der Waals surface area (Å²) in [6, 6.07) is 9.13. The summed E-state index contributed by atoms with van der Waals surface area (Å²) in [5, 5.41) is 9.77. The number of benzene rings is 1. The summed E-state index contributed by atoms with van der Waals surface area (Å²) in [7, 11) is 0. The van der Waals surface area contributed by atoms with Crippen molar-refractivity contribution in [2.75, 3.05) is 10.6 Å². The van der Waals surface area contributed by atoms with E-state index < -0.39 is 0 Å². The lowest BCUT2D eigenvalue weighted by Gasteiger charge is -2.20. The van der Waals surface area contributed by atoms with E-state index in [1.54, 1.807) is 12.1 Å². The number of rotatable bonds is 6. The van der Waals surface area contributed by atoms with Crippen molar-refractivity contribution < 1.29 is 14.1 Å². The molecule has 1 fully saturated rings. The van der Waals surface area contributed by atoms with Crippen LogP contribution in [0.3, 0.4) is 0 Å². The monoisotopic (exact) mass is 410 g/mol. The molecular weight excluding hydrogens is 388 g/mol. The Morgan fingerprint density at radius 1 is 1.21 bits per heavy atom. The second-order valence-electron chi connectivity index (χ2n) is 7.27. The molecule has 0 saturated heterocycles. The van der Waals surface area contributed by atoms with Crippen molar-refractivity contribution in [1.82, 2.24) is 10.1 Å². The summed E-state index contributed by atoms with van der Waals surface area (Å²) in [4.78, 5) is 29.9. The van der Waals surface area contributed by atoms with Gasteiger partial charge < -0.3 is 15.2 Å². The molecule has 1 aromatic carbocycles. The highest BCUT2D eigenvalue weighted by Gasteiger charge is 2.26. The Labute approximate surface area is 172 Å². The highest BCUT2D eigenvalue weighted by Crippen LogP contribution is 2.38. The van der Waals surface area contributed by atoms with Crippen LogP contribution in [0, 0.1) is 6.92 Å². The van der Waals surface area contributed by atoms with E-state index in [0.29, 0.717) is 23.3 Å². The van der Waals surface area contributed by atoms with Crippen molar-refractivity contribution >= 4 is 34.5 Å². The van der Waals surface area contributed by atoms with E-state index in [1.807, 2.05) is 25.1 Å². The molecule has 1 saturated carbocycles. The van der Waals surface area contributed by atoms with E-state index in [0.717, 1.165) is 33.8 Å². The molecule has 0 aliphatic heterocycles. The zero-order valence-corrected chi connectivity index (χ0v) is 17.1. The Morgan fingerprint density at radius 3 is 2.62 bits per heavy atom. The molecule has 0 radical (unpaired) electrons. The average molecular weight is 410 g/mol. The number of hydrogen-bond acceptors (Lipinski definition) is 6. The van der Waals surface area contributed by atoms with Crippen LogP contribution in [-0.4, -0.2) is 22.0 Å². The molecule has 2 aromatic heterocycles. The van der Waals surface area contributed by atoms with Gasteiger partial charge >= 0.3 is 0 Å². The van der Waals surface area contributed by atoms with Gasteiger partial charge in [0.1, 0.15) is 0 Å². The molecule has 2 heterocycles. The molecule has 1 aliphatic rings. The first-order chi connectivity index (χ1) is 14.0. The van der Waals surface area contributed by atoms with Gasteiger partial charge in [0.15, 0.2) is 0 Å². The van der Waals surface area contributed by atoms with Crippen LogP contribution in [0.1, 0.15) is 48.4 Å². The summed E-state index contributed by atoms with van der Waals surface area (Å²) in [5.41, 5.74) is 2.34. The van der Waals surface area contributed by atoms with Crippen LogP contribution >= 0.6 is 11.3 Å². The molecule has 29 heavy (non-hydrogen) atoms.